The molecular weight excluding hydrogens is 274 g/mol. The SMILES string of the molecule is Nc1cc(-c2cccnc2)cc2nc(-c3ccccc3)nn12. The van der Waals surface area contributed by atoms with E-state index in [0.29, 0.717) is 11.6 Å². The van der Waals surface area contributed by atoms with E-state index in [1.807, 2.05) is 54.6 Å². The first-order valence-electron chi connectivity index (χ1n) is 6.93. The summed E-state index contributed by atoms with van der Waals surface area (Å²) in [6.45, 7) is 0. The van der Waals surface area contributed by atoms with Gasteiger partial charge in [-0.25, -0.2) is 4.98 Å². The van der Waals surface area contributed by atoms with Crippen LogP contribution in [0.5, 0.6) is 0 Å². The molecule has 4 rings (SSSR count). The van der Waals surface area contributed by atoms with Crippen LogP contribution in [0.2, 0.25) is 0 Å². The van der Waals surface area contributed by atoms with E-state index in [1.54, 1.807) is 16.9 Å². The summed E-state index contributed by atoms with van der Waals surface area (Å²) in [6.07, 6.45) is 3.55. The van der Waals surface area contributed by atoms with Crippen LogP contribution in [0.25, 0.3) is 28.2 Å². The number of anilines is 1. The van der Waals surface area contributed by atoms with Crippen LogP contribution in [0, 0.1) is 0 Å². The van der Waals surface area contributed by atoms with Gasteiger partial charge in [0.1, 0.15) is 5.82 Å². The molecule has 0 aliphatic heterocycles. The number of nitrogens with two attached hydrogens (primary N) is 1. The molecule has 0 atom stereocenters. The van der Waals surface area contributed by atoms with E-state index < -0.39 is 0 Å². The Bertz CT molecular complexity index is 929. The van der Waals surface area contributed by atoms with Gasteiger partial charge < -0.3 is 5.73 Å². The Hall–Kier alpha value is -3.21. The second-order valence-corrected chi connectivity index (χ2v) is 4.98. The topological polar surface area (TPSA) is 69.1 Å². The maximum atomic E-state index is 6.13. The average Bonchev–Trinajstić information content (AvgIpc) is 3.01. The molecule has 0 aliphatic rings. The van der Waals surface area contributed by atoms with Gasteiger partial charge in [-0.2, -0.15) is 4.52 Å². The summed E-state index contributed by atoms with van der Waals surface area (Å²) in [5.41, 5.74) is 9.79. The van der Waals surface area contributed by atoms with Gasteiger partial charge in [-0.15, -0.1) is 5.10 Å². The highest BCUT2D eigenvalue weighted by molar-refractivity contribution is 5.71. The zero-order chi connectivity index (χ0) is 14.9. The predicted octanol–water partition coefficient (Wildman–Crippen LogP) is 3.04. The maximum Gasteiger partial charge on any atom is 0.182 e. The number of fused-ring (bicyclic) bond motifs is 1. The summed E-state index contributed by atoms with van der Waals surface area (Å²) in [5.74, 6) is 1.21. The molecule has 3 aromatic heterocycles. The lowest BCUT2D eigenvalue weighted by atomic mass is 10.1. The Morgan fingerprint density at radius 2 is 1.68 bits per heavy atom. The molecule has 0 saturated heterocycles. The van der Waals surface area contributed by atoms with Gasteiger partial charge in [0.05, 0.1) is 0 Å². The van der Waals surface area contributed by atoms with Gasteiger partial charge in [-0.3, -0.25) is 4.98 Å². The van der Waals surface area contributed by atoms with Crippen LogP contribution >= 0.6 is 0 Å². The van der Waals surface area contributed by atoms with E-state index in [9.17, 15) is 0 Å². The van der Waals surface area contributed by atoms with Crippen molar-refractivity contribution in [3.63, 3.8) is 0 Å². The van der Waals surface area contributed by atoms with E-state index in [0.717, 1.165) is 22.3 Å². The second-order valence-electron chi connectivity index (χ2n) is 4.98. The third kappa shape index (κ3) is 2.09. The quantitative estimate of drug-likeness (QED) is 0.615. The van der Waals surface area contributed by atoms with Crippen molar-refractivity contribution in [1.82, 2.24) is 19.6 Å². The first-order chi connectivity index (χ1) is 10.8. The number of nitrogen functional groups attached to an aromatic ring is 1. The van der Waals surface area contributed by atoms with Crippen molar-refractivity contribution in [3.05, 3.63) is 67.0 Å². The largest absolute Gasteiger partial charge is 0.384 e. The molecular formula is C17H13N5. The van der Waals surface area contributed by atoms with Crippen LogP contribution in [-0.2, 0) is 0 Å². The minimum atomic E-state index is 0.547. The van der Waals surface area contributed by atoms with E-state index in [-0.39, 0.29) is 0 Å². The number of nitrogens with zero attached hydrogens (tertiary/aromatic N) is 4. The molecule has 0 aliphatic carbocycles. The zero-order valence-corrected chi connectivity index (χ0v) is 11.7. The Balaban J connectivity index is 1.88. The van der Waals surface area contributed by atoms with E-state index >= 15 is 0 Å². The summed E-state index contributed by atoms with van der Waals surface area (Å²) in [4.78, 5) is 8.72. The maximum absolute atomic E-state index is 6.13. The molecule has 0 saturated carbocycles. The number of hydrogen-bond acceptors (Lipinski definition) is 4. The van der Waals surface area contributed by atoms with Crippen LogP contribution in [-0.4, -0.2) is 19.6 Å². The summed E-state index contributed by atoms with van der Waals surface area (Å²) >= 11 is 0. The molecule has 106 valence electrons. The van der Waals surface area contributed by atoms with Crippen LogP contribution in [0.15, 0.2) is 67.0 Å². The van der Waals surface area contributed by atoms with Gasteiger partial charge in [0, 0.05) is 23.5 Å². The molecule has 0 fully saturated rings. The number of benzene rings is 1. The highest BCUT2D eigenvalue weighted by Gasteiger charge is 2.10. The highest BCUT2D eigenvalue weighted by Crippen LogP contribution is 2.24. The fourth-order valence-corrected chi connectivity index (χ4v) is 2.42. The summed E-state index contributed by atoms with van der Waals surface area (Å²) < 4.78 is 1.65. The van der Waals surface area contributed by atoms with Crippen molar-refractivity contribution in [2.75, 3.05) is 5.73 Å². The lowest BCUT2D eigenvalue weighted by Gasteiger charge is -2.03. The van der Waals surface area contributed by atoms with Crippen LogP contribution in [0.3, 0.4) is 0 Å². The highest BCUT2D eigenvalue weighted by atomic mass is 15.3. The molecule has 3 heterocycles. The van der Waals surface area contributed by atoms with Gasteiger partial charge in [-0.1, -0.05) is 36.4 Å². The van der Waals surface area contributed by atoms with Gasteiger partial charge in [0.25, 0.3) is 0 Å². The smallest absolute Gasteiger partial charge is 0.182 e. The molecule has 5 nitrogen and oxygen atoms in total. The molecule has 5 heteroatoms. The molecule has 2 N–H and O–H groups in total. The Labute approximate surface area is 127 Å². The van der Waals surface area contributed by atoms with Crippen LogP contribution in [0.1, 0.15) is 0 Å². The monoisotopic (exact) mass is 287 g/mol. The fraction of sp³-hybridized carbons (Fsp3) is 0. The lowest BCUT2D eigenvalue weighted by molar-refractivity contribution is 0.979. The molecule has 0 spiro atoms. The molecule has 0 bridgehead atoms. The lowest BCUT2D eigenvalue weighted by Crippen LogP contribution is -1.99. The minimum absolute atomic E-state index is 0.547. The van der Waals surface area contributed by atoms with Gasteiger partial charge in [0.2, 0.25) is 0 Å². The average molecular weight is 287 g/mol. The van der Waals surface area contributed by atoms with E-state index in [2.05, 4.69) is 15.1 Å². The normalized spacial score (nSPS) is 10.9. The van der Waals surface area contributed by atoms with E-state index in [4.69, 9.17) is 5.73 Å². The molecule has 22 heavy (non-hydrogen) atoms. The zero-order valence-electron chi connectivity index (χ0n) is 11.7. The third-order valence-electron chi connectivity index (χ3n) is 3.49. The Morgan fingerprint density at radius 3 is 2.45 bits per heavy atom. The molecule has 0 radical (unpaired) electrons. The number of pyridine rings is 2. The van der Waals surface area contributed by atoms with Gasteiger partial charge in [0.15, 0.2) is 11.5 Å². The Kier molecular flexibility index (Phi) is 2.83. The standard InChI is InChI=1S/C17H13N5/c18-15-9-14(13-7-4-8-19-11-13)10-16-20-17(21-22(15)16)12-5-2-1-3-6-12/h1-11H,18H2. The van der Waals surface area contributed by atoms with Crippen LogP contribution < -0.4 is 5.73 Å². The van der Waals surface area contributed by atoms with E-state index in [1.165, 1.54) is 0 Å². The predicted molar refractivity (Wildman–Crippen MR) is 86.1 cm³/mol. The van der Waals surface area contributed by atoms with Crippen molar-refractivity contribution >= 4 is 11.5 Å². The summed E-state index contributed by atoms with van der Waals surface area (Å²) in [7, 11) is 0. The van der Waals surface area contributed by atoms with Crippen molar-refractivity contribution in [3.8, 4) is 22.5 Å². The number of aromatic nitrogens is 4. The Morgan fingerprint density at radius 1 is 0.864 bits per heavy atom. The first-order valence-corrected chi connectivity index (χ1v) is 6.93. The molecule has 4 aromatic rings. The van der Waals surface area contributed by atoms with Crippen molar-refractivity contribution in [2.45, 2.75) is 0 Å². The summed E-state index contributed by atoms with van der Waals surface area (Å²) in [6, 6.07) is 17.6. The van der Waals surface area contributed by atoms with Crippen LogP contribution in [0.4, 0.5) is 5.82 Å². The molecule has 1 aromatic carbocycles. The van der Waals surface area contributed by atoms with Gasteiger partial charge in [-0.05, 0) is 23.8 Å². The fourth-order valence-electron chi connectivity index (χ4n) is 2.42. The summed E-state index contributed by atoms with van der Waals surface area (Å²) in [5, 5.41) is 4.48. The van der Waals surface area contributed by atoms with Crippen molar-refractivity contribution < 1.29 is 0 Å². The molecule has 0 unspecified atom stereocenters. The second kappa shape index (κ2) is 4.96. The van der Waals surface area contributed by atoms with Gasteiger partial charge >= 0.3 is 0 Å². The van der Waals surface area contributed by atoms with Crippen molar-refractivity contribution in [2.24, 2.45) is 0 Å². The number of hydrogen-bond donors (Lipinski definition) is 1. The first kappa shape index (κ1) is 12.5. The third-order valence-corrected chi connectivity index (χ3v) is 3.49. The number of rotatable bonds is 2. The van der Waals surface area contributed by atoms with Crippen molar-refractivity contribution in [1.29, 1.82) is 0 Å². The molecule has 0 amide bonds. The minimum Gasteiger partial charge on any atom is -0.384 e.